The number of ketones is 1. The van der Waals surface area contributed by atoms with Crippen LogP contribution in [-0.2, 0) is 11.2 Å². The summed E-state index contributed by atoms with van der Waals surface area (Å²) in [7, 11) is 0. The number of Topliss-reactive ketones (excluding diaryl/α,β-unsaturated/α-hetero) is 1. The number of rotatable bonds is 6. The van der Waals surface area contributed by atoms with Gasteiger partial charge in [0.1, 0.15) is 5.92 Å². The van der Waals surface area contributed by atoms with Gasteiger partial charge in [-0.1, -0.05) is 42.5 Å². The minimum Gasteiger partial charge on any atom is -0.298 e. The predicted molar refractivity (Wildman–Crippen MR) is 81.2 cm³/mol. The highest BCUT2D eigenvalue weighted by molar-refractivity contribution is 5.88. The fourth-order valence-electron chi connectivity index (χ4n) is 2.18. The number of hydrogen-bond acceptors (Lipinski definition) is 4. The zero-order chi connectivity index (χ0) is 15.9. The van der Waals surface area contributed by atoms with Gasteiger partial charge in [-0.25, -0.2) is 0 Å². The van der Waals surface area contributed by atoms with Gasteiger partial charge in [-0.3, -0.25) is 14.9 Å². The van der Waals surface area contributed by atoms with E-state index in [0.29, 0.717) is 12.0 Å². The third-order valence-electron chi connectivity index (χ3n) is 3.39. The Bertz CT molecular complexity index is 703. The van der Waals surface area contributed by atoms with E-state index in [1.807, 2.05) is 36.4 Å². The van der Waals surface area contributed by atoms with Crippen LogP contribution in [0.1, 0.15) is 23.5 Å². The predicted octanol–water partition coefficient (Wildman–Crippen LogP) is 3.40. The molecule has 2 aromatic carbocycles. The van der Waals surface area contributed by atoms with E-state index in [1.54, 1.807) is 0 Å². The van der Waals surface area contributed by atoms with Crippen LogP contribution in [0, 0.1) is 21.4 Å². The second-order valence-electron chi connectivity index (χ2n) is 4.86. The first-order valence-electron chi connectivity index (χ1n) is 6.82. The van der Waals surface area contributed by atoms with Gasteiger partial charge >= 0.3 is 0 Å². The molecule has 5 nitrogen and oxygen atoms in total. The number of nitro groups is 1. The molecule has 2 aromatic rings. The van der Waals surface area contributed by atoms with Crippen molar-refractivity contribution in [2.24, 2.45) is 0 Å². The fourth-order valence-corrected chi connectivity index (χ4v) is 2.18. The van der Waals surface area contributed by atoms with Gasteiger partial charge in [0.2, 0.25) is 0 Å². The summed E-state index contributed by atoms with van der Waals surface area (Å²) >= 11 is 0. The molecular formula is C17H14N2O3. The van der Waals surface area contributed by atoms with E-state index in [0.717, 1.165) is 5.56 Å². The second-order valence-corrected chi connectivity index (χ2v) is 4.86. The van der Waals surface area contributed by atoms with Gasteiger partial charge in [-0.05, 0) is 17.5 Å². The number of carbonyl (C=O) groups excluding carboxylic acids is 1. The molecule has 5 heteroatoms. The van der Waals surface area contributed by atoms with Crippen molar-refractivity contribution in [1.82, 2.24) is 0 Å². The van der Waals surface area contributed by atoms with Crippen molar-refractivity contribution in [3.63, 3.8) is 0 Å². The molecule has 0 bridgehead atoms. The minimum atomic E-state index is -0.885. The largest absolute Gasteiger partial charge is 0.298 e. The zero-order valence-corrected chi connectivity index (χ0v) is 11.8. The van der Waals surface area contributed by atoms with Crippen molar-refractivity contribution in [3.8, 4) is 6.07 Å². The van der Waals surface area contributed by atoms with Gasteiger partial charge in [0.25, 0.3) is 5.69 Å². The first kappa shape index (κ1) is 15.4. The molecule has 0 spiro atoms. The highest BCUT2D eigenvalue weighted by Crippen LogP contribution is 2.21. The van der Waals surface area contributed by atoms with Gasteiger partial charge in [0, 0.05) is 18.6 Å². The molecule has 0 aliphatic heterocycles. The topological polar surface area (TPSA) is 84.0 Å². The second kappa shape index (κ2) is 7.14. The monoisotopic (exact) mass is 294 g/mol. The number of aryl methyl sites for hydroxylation is 1. The first-order valence-corrected chi connectivity index (χ1v) is 6.82. The van der Waals surface area contributed by atoms with E-state index in [9.17, 15) is 20.2 Å². The smallest absolute Gasteiger partial charge is 0.269 e. The Morgan fingerprint density at radius 3 is 2.32 bits per heavy atom. The molecular weight excluding hydrogens is 280 g/mol. The van der Waals surface area contributed by atoms with Crippen LogP contribution in [0.25, 0.3) is 0 Å². The number of benzene rings is 2. The van der Waals surface area contributed by atoms with E-state index in [1.165, 1.54) is 24.3 Å². The summed E-state index contributed by atoms with van der Waals surface area (Å²) in [6.07, 6.45) is 0.837. The summed E-state index contributed by atoms with van der Waals surface area (Å²) in [5.74, 6) is -1.07. The van der Waals surface area contributed by atoms with Gasteiger partial charge in [-0.2, -0.15) is 5.26 Å². The molecule has 0 fully saturated rings. The quantitative estimate of drug-likeness (QED) is 0.603. The normalized spacial score (nSPS) is 11.4. The molecule has 2 rings (SSSR count). The Morgan fingerprint density at radius 1 is 1.14 bits per heavy atom. The van der Waals surface area contributed by atoms with E-state index < -0.39 is 10.8 Å². The maximum absolute atomic E-state index is 12.2. The highest BCUT2D eigenvalue weighted by Gasteiger charge is 2.20. The molecule has 0 radical (unpaired) electrons. The van der Waals surface area contributed by atoms with Crippen molar-refractivity contribution in [2.75, 3.05) is 0 Å². The Hall–Kier alpha value is -3.00. The summed E-state index contributed by atoms with van der Waals surface area (Å²) in [4.78, 5) is 22.3. The van der Waals surface area contributed by atoms with Gasteiger partial charge in [-0.15, -0.1) is 0 Å². The van der Waals surface area contributed by atoms with Crippen LogP contribution in [0.15, 0.2) is 54.6 Å². The number of nitrogens with zero attached hydrogens (tertiary/aromatic N) is 2. The molecule has 22 heavy (non-hydrogen) atoms. The SMILES string of the molecule is N#CC(C(=O)CCc1ccccc1)c1ccc([N+](=O)[O-])cc1. The maximum atomic E-state index is 12.2. The van der Waals surface area contributed by atoms with E-state index in [4.69, 9.17) is 0 Å². The first-order chi connectivity index (χ1) is 10.6. The van der Waals surface area contributed by atoms with Gasteiger partial charge < -0.3 is 0 Å². The molecule has 0 N–H and O–H groups in total. The molecule has 0 aliphatic carbocycles. The summed E-state index contributed by atoms with van der Waals surface area (Å²) in [6, 6.07) is 17.1. The standard InChI is InChI=1S/C17H14N2O3/c18-12-16(14-7-9-15(10-8-14)19(21)22)17(20)11-6-13-4-2-1-3-5-13/h1-5,7-10,16H,6,11H2. The van der Waals surface area contributed by atoms with E-state index in [2.05, 4.69) is 0 Å². The summed E-state index contributed by atoms with van der Waals surface area (Å²) < 4.78 is 0. The van der Waals surface area contributed by atoms with Crippen molar-refractivity contribution in [3.05, 3.63) is 75.8 Å². The van der Waals surface area contributed by atoms with Crippen molar-refractivity contribution < 1.29 is 9.72 Å². The third kappa shape index (κ3) is 3.76. The molecule has 0 saturated carbocycles. The van der Waals surface area contributed by atoms with Crippen LogP contribution in [0.3, 0.4) is 0 Å². The number of nitro benzene ring substituents is 1. The molecule has 1 atom stereocenters. The summed E-state index contributed by atoms with van der Waals surface area (Å²) in [6.45, 7) is 0. The number of non-ortho nitro benzene ring substituents is 1. The Kier molecular flexibility index (Phi) is 4.99. The molecule has 0 aliphatic rings. The van der Waals surface area contributed by atoms with Crippen LogP contribution in [0.5, 0.6) is 0 Å². The van der Waals surface area contributed by atoms with Crippen LogP contribution < -0.4 is 0 Å². The van der Waals surface area contributed by atoms with Gasteiger partial charge in [0.15, 0.2) is 5.78 Å². The van der Waals surface area contributed by atoms with Crippen LogP contribution in [-0.4, -0.2) is 10.7 Å². The Morgan fingerprint density at radius 2 is 1.77 bits per heavy atom. The fraction of sp³-hybridized carbons (Fsp3) is 0.176. The van der Waals surface area contributed by atoms with Crippen LogP contribution in [0.2, 0.25) is 0 Å². The average Bonchev–Trinajstić information content (AvgIpc) is 2.55. The average molecular weight is 294 g/mol. The number of nitriles is 1. The molecule has 110 valence electrons. The number of hydrogen-bond donors (Lipinski definition) is 0. The summed E-state index contributed by atoms with van der Waals surface area (Å²) in [5, 5.41) is 19.8. The third-order valence-corrected chi connectivity index (χ3v) is 3.39. The lowest BCUT2D eigenvalue weighted by Gasteiger charge is -2.08. The molecule has 0 amide bonds. The number of carbonyl (C=O) groups is 1. The van der Waals surface area contributed by atoms with Crippen LogP contribution >= 0.6 is 0 Å². The van der Waals surface area contributed by atoms with Crippen molar-refractivity contribution >= 4 is 11.5 Å². The molecule has 0 aromatic heterocycles. The highest BCUT2D eigenvalue weighted by atomic mass is 16.6. The van der Waals surface area contributed by atoms with Crippen molar-refractivity contribution in [1.29, 1.82) is 5.26 Å². The van der Waals surface area contributed by atoms with Gasteiger partial charge in [0.05, 0.1) is 11.0 Å². The molecule has 0 saturated heterocycles. The lowest BCUT2D eigenvalue weighted by Crippen LogP contribution is -2.11. The molecule has 1 unspecified atom stereocenters. The zero-order valence-electron chi connectivity index (χ0n) is 11.8. The van der Waals surface area contributed by atoms with E-state index >= 15 is 0 Å². The Balaban J connectivity index is 2.06. The lowest BCUT2D eigenvalue weighted by molar-refractivity contribution is -0.384. The lowest BCUT2D eigenvalue weighted by atomic mass is 9.92. The van der Waals surface area contributed by atoms with Crippen LogP contribution in [0.4, 0.5) is 5.69 Å². The molecule has 0 heterocycles. The summed E-state index contributed by atoms with van der Waals surface area (Å²) in [5.41, 5.74) is 1.47. The van der Waals surface area contributed by atoms with Crippen molar-refractivity contribution in [2.45, 2.75) is 18.8 Å². The minimum absolute atomic E-state index is 0.0582. The van der Waals surface area contributed by atoms with E-state index in [-0.39, 0.29) is 17.9 Å². The Labute approximate surface area is 128 Å². The maximum Gasteiger partial charge on any atom is 0.269 e.